The van der Waals surface area contributed by atoms with Crippen LogP contribution in [0.3, 0.4) is 0 Å². The van der Waals surface area contributed by atoms with Crippen LogP contribution >= 0.6 is 27.5 Å². The summed E-state index contributed by atoms with van der Waals surface area (Å²) in [6.07, 6.45) is 0. The third-order valence-corrected chi connectivity index (χ3v) is 3.53. The van der Waals surface area contributed by atoms with Crippen molar-refractivity contribution < 1.29 is 4.74 Å². The molecule has 0 amide bonds. The highest BCUT2D eigenvalue weighted by molar-refractivity contribution is 9.10. The van der Waals surface area contributed by atoms with Crippen molar-refractivity contribution in [3.8, 4) is 5.75 Å². The fraction of sp³-hybridized carbons (Fsp3) is 0.538. The molecule has 0 bridgehead atoms. The van der Waals surface area contributed by atoms with Crippen molar-refractivity contribution in [3.63, 3.8) is 0 Å². The topological polar surface area (TPSA) is 21.3 Å². The minimum Gasteiger partial charge on any atom is -0.492 e. The fourth-order valence-electron chi connectivity index (χ4n) is 1.27. The van der Waals surface area contributed by atoms with Crippen molar-refractivity contribution in [2.45, 2.75) is 13.8 Å². The summed E-state index contributed by atoms with van der Waals surface area (Å²) in [6.45, 7) is 6.67. The number of nitrogens with one attached hydrogen (secondary N) is 1. The smallest absolute Gasteiger partial charge is 0.120 e. The minimum absolute atomic E-state index is 0.136. The monoisotopic (exact) mass is 319 g/mol. The van der Waals surface area contributed by atoms with Gasteiger partial charge in [-0.1, -0.05) is 35.8 Å². The number of hydrogen-bond acceptors (Lipinski definition) is 2. The molecule has 2 nitrogen and oxygen atoms in total. The van der Waals surface area contributed by atoms with E-state index in [1.54, 1.807) is 0 Å². The largest absolute Gasteiger partial charge is 0.492 e. The molecule has 0 heterocycles. The van der Waals surface area contributed by atoms with Gasteiger partial charge in [0.25, 0.3) is 0 Å². The summed E-state index contributed by atoms with van der Waals surface area (Å²) in [5.41, 5.74) is 0.136. The van der Waals surface area contributed by atoms with Gasteiger partial charge < -0.3 is 10.1 Å². The highest BCUT2D eigenvalue weighted by atomic mass is 79.9. The molecule has 1 aromatic carbocycles. The molecule has 0 atom stereocenters. The Balaban J connectivity index is 2.17. The van der Waals surface area contributed by atoms with Crippen LogP contribution < -0.4 is 10.1 Å². The van der Waals surface area contributed by atoms with Crippen LogP contribution in [0.5, 0.6) is 5.75 Å². The highest BCUT2D eigenvalue weighted by Gasteiger charge is 2.14. The first-order chi connectivity index (χ1) is 8.03. The van der Waals surface area contributed by atoms with E-state index in [0.717, 1.165) is 23.3 Å². The number of benzene rings is 1. The first-order valence-electron chi connectivity index (χ1n) is 5.68. The normalized spacial score (nSPS) is 11.5. The van der Waals surface area contributed by atoms with Gasteiger partial charge in [-0.3, -0.25) is 0 Å². The van der Waals surface area contributed by atoms with E-state index < -0.39 is 0 Å². The molecule has 96 valence electrons. The Morgan fingerprint density at radius 2 is 2.18 bits per heavy atom. The molecule has 0 saturated heterocycles. The average Bonchev–Trinajstić information content (AvgIpc) is 2.29. The molecule has 1 N–H and O–H groups in total. The molecule has 0 radical (unpaired) electrons. The van der Waals surface area contributed by atoms with Gasteiger partial charge in [0.2, 0.25) is 0 Å². The van der Waals surface area contributed by atoms with Crippen molar-refractivity contribution in [3.05, 3.63) is 28.7 Å². The Bertz CT molecular complexity index is 344. The zero-order valence-corrected chi connectivity index (χ0v) is 12.6. The molecule has 1 rings (SSSR count). The lowest BCUT2D eigenvalue weighted by Crippen LogP contribution is -2.33. The summed E-state index contributed by atoms with van der Waals surface area (Å²) in [5.74, 6) is 1.55. The van der Waals surface area contributed by atoms with Gasteiger partial charge in [0.15, 0.2) is 0 Å². The van der Waals surface area contributed by atoms with E-state index in [-0.39, 0.29) is 5.41 Å². The summed E-state index contributed by atoms with van der Waals surface area (Å²) in [5, 5.41) is 3.34. The van der Waals surface area contributed by atoms with E-state index >= 15 is 0 Å². The summed E-state index contributed by atoms with van der Waals surface area (Å²) in [7, 11) is 0. The molecule has 1 aromatic rings. The lowest BCUT2D eigenvalue weighted by molar-refractivity contribution is 0.298. The molecule has 0 aromatic heterocycles. The Hall–Kier alpha value is -0.250. The molecule has 0 unspecified atom stereocenters. The van der Waals surface area contributed by atoms with Crippen molar-refractivity contribution >= 4 is 27.5 Å². The van der Waals surface area contributed by atoms with E-state index in [0.29, 0.717) is 12.5 Å². The van der Waals surface area contributed by atoms with E-state index in [9.17, 15) is 0 Å². The molecular formula is C13H19BrClNO. The second-order valence-corrected chi connectivity index (χ2v) is 5.96. The fourth-order valence-corrected chi connectivity index (χ4v) is 1.74. The van der Waals surface area contributed by atoms with Gasteiger partial charge in [0.05, 0.1) is 0 Å². The van der Waals surface area contributed by atoms with Crippen LogP contribution in [-0.4, -0.2) is 25.6 Å². The molecule has 17 heavy (non-hydrogen) atoms. The Kier molecular flexibility index (Phi) is 6.31. The van der Waals surface area contributed by atoms with Crippen LogP contribution in [0.15, 0.2) is 28.7 Å². The molecular weight excluding hydrogens is 302 g/mol. The quantitative estimate of drug-likeness (QED) is 0.611. The van der Waals surface area contributed by atoms with Gasteiger partial charge in [0, 0.05) is 23.4 Å². The maximum Gasteiger partial charge on any atom is 0.120 e. The molecule has 0 aliphatic rings. The lowest BCUT2D eigenvalue weighted by Gasteiger charge is -2.21. The van der Waals surface area contributed by atoms with E-state index in [1.165, 1.54) is 0 Å². The van der Waals surface area contributed by atoms with E-state index in [1.807, 2.05) is 24.3 Å². The second kappa shape index (κ2) is 7.24. The third kappa shape index (κ3) is 6.29. The standard InChI is InChI=1S/C13H19BrClNO/c1-13(2,9-15)10-16-6-7-17-12-5-3-4-11(14)8-12/h3-5,8,16H,6-7,9-10H2,1-2H3. The predicted octanol–water partition coefficient (Wildman–Crippen LogP) is 3.68. The average molecular weight is 321 g/mol. The van der Waals surface area contributed by atoms with Gasteiger partial charge in [0.1, 0.15) is 12.4 Å². The summed E-state index contributed by atoms with van der Waals surface area (Å²) >= 11 is 9.25. The zero-order chi connectivity index (χ0) is 12.7. The van der Waals surface area contributed by atoms with Crippen LogP contribution in [0, 0.1) is 5.41 Å². The number of ether oxygens (including phenoxy) is 1. The maximum absolute atomic E-state index is 5.84. The maximum atomic E-state index is 5.84. The Labute approximate surface area is 117 Å². The molecule has 0 saturated carbocycles. The van der Waals surface area contributed by atoms with Crippen molar-refractivity contribution in [1.82, 2.24) is 5.32 Å². The van der Waals surface area contributed by atoms with Crippen LogP contribution in [0.4, 0.5) is 0 Å². The van der Waals surface area contributed by atoms with Crippen molar-refractivity contribution in [2.24, 2.45) is 5.41 Å². The van der Waals surface area contributed by atoms with Crippen molar-refractivity contribution in [1.29, 1.82) is 0 Å². The van der Waals surface area contributed by atoms with Gasteiger partial charge in [-0.05, 0) is 23.6 Å². The highest BCUT2D eigenvalue weighted by Crippen LogP contribution is 2.17. The van der Waals surface area contributed by atoms with Crippen molar-refractivity contribution in [2.75, 3.05) is 25.6 Å². The molecule has 4 heteroatoms. The molecule has 0 aliphatic carbocycles. The SMILES string of the molecule is CC(C)(CCl)CNCCOc1cccc(Br)c1. The number of rotatable bonds is 7. The van der Waals surface area contributed by atoms with Crippen LogP contribution in [-0.2, 0) is 0 Å². The third-order valence-electron chi connectivity index (χ3n) is 2.31. The zero-order valence-electron chi connectivity index (χ0n) is 10.3. The van der Waals surface area contributed by atoms with Crippen LogP contribution in [0.1, 0.15) is 13.8 Å². The molecule has 0 spiro atoms. The summed E-state index contributed by atoms with van der Waals surface area (Å²) in [6, 6.07) is 7.85. The van der Waals surface area contributed by atoms with Crippen LogP contribution in [0.25, 0.3) is 0 Å². The molecule has 0 aliphatic heterocycles. The number of halogens is 2. The second-order valence-electron chi connectivity index (χ2n) is 4.78. The number of hydrogen-bond donors (Lipinski definition) is 1. The minimum atomic E-state index is 0.136. The Morgan fingerprint density at radius 3 is 2.82 bits per heavy atom. The first kappa shape index (κ1) is 14.8. The lowest BCUT2D eigenvalue weighted by atomic mass is 9.97. The van der Waals surface area contributed by atoms with Gasteiger partial charge in [-0.15, -0.1) is 11.6 Å². The Morgan fingerprint density at radius 1 is 1.41 bits per heavy atom. The van der Waals surface area contributed by atoms with Gasteiger partial charge >= 0.3 is 0 Å². The first-order valence-corrected chi connectivity index (χ1v) is 7.01. The van der Waals surface area contributed by atoms with Gasteiger partial charge in [-0.2, -0.15) is 0 Å². The van der Waals surface area contributed by atoms with Crippen LogP contribution in [0.2, 0.25) is 0 Å². The summed E-state index contributed by atoms with van der Waals surface area (Å²) in [4.78, 5) is 0. The van der Waals surface area contributed by atoms with Gasteiger partial charge in [-0.25, -0.2) is 0 Å². The predicted molar refractivity (Wildman–Crippen MR) is 77.0 cm³/mol. The molecule has 0 fully saturated rings. The van der Waals surface area contributed by atoms with E-state index in [4.69, 9.17) is 16.3 Å². The number of alkyl halides is 1. The summed E-state index contributed by atoms with van der Waals surface area (Å²) < 4.78 is 6.64. The van der Waals surface area contributed by atoms with E-state index in [2.05, 4.69) is 35.1 Å².